The number of likely N-dealkylation sites (N-methyl/N-ethyl adjacent to an activating group) is 1. The molecular weight excluding hydrogens is 335 g/mol. The Morgan fingerprint density at radius 2 is 1.65 bits per heavy atom. The van der Waals surface area contributed by atoms with Crippen molar-refractivity contribution < 1.29 is 14.0 Å². The molecule has 0 saturated carbocycles. The summed E-state index contributed by atoms with van der Waals surface area (Å²) in [6.07, 6.45) is 0. The maximum atomic E-state index is 13.3. The van der Waals surface area contributed by atoms with Crippen molar-refractivity contribution in [2.24, 2.45) is 0 Å². The van der Waals surface area contributed by atoms with E-state index in [2.05, 4.69) is 27.5 Å². The van der Waals surface area contributed by atoms with Gasteiger partial charge in [0.15, 0.2) is 0 Å². The molecule has 1 heterocycles. The van der Waals surface area contributed by atoms with Gasteiger partial charge in [-0.15, -0.1) is 0 Å². The summed E-state index contributed by atoms with van der Waals surface area (Å²) in [7, 11) is 2.07. The first-order valence-electron chi connectivity index (χ1n) is 8.94. The molecule has 2 amide bonds. The van der Waals surface area contributed by atoms with Crippen LogP contribution >= 0.6 is 0 Å². The van der Waals surface area contributed by atoms with Gasteiger partial charge in [-0.1, -0.05) is 12.1 Å². The predicted molar refractivity (Wildman–Crippen MR) is 99.1 cm³/mol. The molecule has 0 unspecified atom stereocenters. The van der Waals surface area contributed by atoms with Crippen molar-refractivity contribution in [3.8, 4) is 0 Å². The molecular formula is C19H29FN4O2. The van der Waals surface area contributed by atoms with E-state index in [4.69, 9.17) is 0 Å². The number of carbonyl (C=O) groups is 2. The molecule has 1 aromatic rings. The summed E-state index contributed by atoms with van der Waals surface area (Å²) in [4.78, 5) is 28.6. The Morgan fingerprint density at radius 1 is 1.08 bits per heavy atom. The van der Waals surface area contributed by atoms with Crippen molar-refractivity contribution in [2.45, 2.75) is 32.4 Å². The third kappa shape index (κ3) is 6.07. The van der Waals surface area contributed by atoms with E-state index in [1.165, 1.54) is 12.1 Å². The summed E-state index contributed by atoms with van der Waals surface area (Å²) in [5, 5.41) is 5.38. The van der Waals surface area contributed by atoms with E-state index in [1.807, 2.05) is 20.8 Å². The second-order valence-corrected chi connectivity index (χ2v) is 7.82. The van der Waals surface area contributed by atoms with Crippen molar-refractivity contribution in [3.05, 3.63) is 35.6 Å². The molecule has 144 valence electrons. The molecule has 1 aliphatic heterocycles. The Bertz CT molecular complexity index is 619. The first-order valence-corrected chi connectivity index (χ1v) is 8.94. The van der Waals surface area contributed by atoms with Gasteiger partial charge in [-0.25, -0.2) is 4.39 Å². The van der Waals surface area contributed by atoms with Crippen LogP contribution in [0, 0.1) is 5.82 Å². The molecule has 2 N–H and O–H groups in total. The van der Waals surface area contributed by atoms with E-state index in [1.54, 1.807) is 12.1 Å². The van der Waals surface area contributed by atoms with Crippen LogP contribution in [-0.2, 0) is 9.59 Å². The molecule has 0 aromatic heterocycles. The van der Waals surface area contributed by atoms with Crippen LogP contribution in [-0.4, -0.2) is 66.9 Å². The van der Waals surface area contributed by atoms with E-state index >= 15 is 0 Å². The van der Waals surface area contributed by atoms with E-state index in [-0.39, 0.29) is 11.9 Å². The number of halogens is 1. The minimum atomic E-state index is -0.652. The SMILES string of the molecule is CN1CCN([C@@H](CNC(=O)C(=O)NC(C)(C)C)c2ccc(F)cc2)CC1. The average molecular weight is 364 g/mol. The predicted octanol–water partition coefficient (Wildman–Crippen LogP) is 1.15. The lowest BCUT2D eigenvalue weighted by atomic mass is 10.0. The second-order valence-electron chi connectivity index (χ2n) is 7.82. The fraction of sp³-hybridized carbons (Fsp3) is 0.579. The van der Waals surface area contributed by atoms with Crippen molar-refractivity contribution in [1.82, 2.24) is 20.4 Å². The molecule has 7 heteroatoms. The molecule has 6 nitrogen and oxygen atoms in total. The lowest BCUT2D eigenvalue weighted by Crippen LogP contribution is -2.51. The van der Waals surface area contributed by atoms with Gasteiger partial charge in [0.05, 0.1) is 6.04 Å². The van der Waals surface area contributed by atoms with Crippen LogP contribution in [0.3, 0.4) is 0 Å². The fourth-order valence-corrected chi connectivity index (χ4v) is 2.94. The maximum absolute atomic E-state index is 13.3. The fourth-order valence-electron chi connectivity index (χ4n) is 2.94. The lowest BCUT2D eigenvalue weighted by molar-refractivity contribution is -0.140. The Kier molecular flexibility index (Phi) is 6.72. The maximum Gasteiger partial charge on any atom is 0.309 e. The van der Waals surface area contributed by atoms with E-state index in [0.717, 1.165) is 31.7 Å². The largest absolute Gasteiger partial charge is 0.346 e. The first-order chi connectivity index (χ1) is 12.2. The monoisotopic (exact) mass is 364 g/mol. The topological polar surface area (TPSA) is 64.7 Å². The summed E-state index contributed by atoms with van der Waals surface area (Å²) < 4.78 is 13.3. The van der Waals surface area contributed by atoms with Crippen molar-refractivity contribution in [1.29, 1.82) is 0 Å². The van der Waals surface area contributed by atoms with E-state index in [9.17, 15) is 14.0 Å². The highest BCUT2D eigenvalue weighted by Gasteiger charge is 2.26. The smallest absolute Gasteiger partial charge is 0.309 e. The molecule has 1 aliphatic rings. The average Bonchev–Trinajstić information content (AvgIpc) is 2.56. The summed E-state index contributed by atoms with van der Waals surface area (Å²) >= 11 is 0. The van der Waals surface area contributed by atoms with Crippen molar-refractivity contribution >= 4 is 11.8 Å². The van der Waals surface area contributed by atoms with Gasteiger partial charge < -0.3 is 15.5 Å². The van der Waals surface area contributed by atoms with E-state index in [0.29, 0.717) is 6.54 Å². The van der Waals surface area contributed by atoms with Gasteiger partial charge in [0.2, 0.25) is 0 Å². The van der Waals surface area contributed by atoms with E-state index < -0.39 is 17.4 Å². The van der Waals surface area contributed by atoms with Gasteiger partial charge in [0, 0.05) is 38.3 Å². The van der Waals surface area contributed by atoms with Crippen LogP contribution in [0.5, 0.6) is 0 Å². The normalized spacial score (nSPS) is 17.6. The Balaban J connectivity index is 2.05. The Hall–Kier alpha value is -1.99. The summed E-state index contributed by atoms with van der Waals surface area (Å²) in [6, 6.07) is 6.22. The quantitative estimate of drug-likeness (QED) is 0.787. The molecule has 1 atom stereocenters. The summed E-state index contributed by atoms with van der Waals surface area (Å²) in [6.45, 7) is 9.32. The molecule has 2 rings (SSSR count). The first kappa shape index (κ1) is 20.3. The third-order valence-corrected chi connectivity index (χ3v) is 4.38. The van der Waals surface area contributed by atoms with Gasteiger partial charge >= 0.3 is 11.8 Å². The second kappa shape index (κ2) is 8.60. The molecule has 1 aromatic carbocycles. The van der Waals surface area contributed by atoms with Gasteiger partial charge in [-0.3, -0.25) is 14.5 Å². The van der Waals surface area contributed by atoms with Crippen molar-refractivity contribution in [2.75, 3.05) is 39.8 Å². The Labute approximate surface area is 154 Å². The van der Waals surface area contributed by atoms with Gasteiger partial charge in [-0.05, 0) is 45.5 Å². The number of nitrogens with zero attached hydrogens (tertiary/aromatic N) is 2. The molecule has 0 spiro atoms. The molecule has 26 heavy (non-hydrogen) atoms. The zero-order valence-electron chi connectivity index (χ0n) is 16.0. The van der Waals surface area contributed by atoms with Crippen LogP contribution in [0.4, 0.5) is 4.39 Å². The number of benzene rings is 1. The van der Waals surface area contributed by atoms with Gasteiger partial charge in [0.1, 0.15) is 5.82 Å². The minimum Gasteiger partial charge on any atom is -0.346 e. The Morgan fingerprint density at radius 3 is 2.19 bits per heavy atom. The highest BCUT2D eigenvalue weighted by Crippen LogP contribution is 2.22. The molecule has 0 aliphatic carbocycles. The highest BCUT2D eigenvalue weighted by atomic mass is 19.1. The van der Waals surface area contributed by atoms with Crippen LogP contribution in [0.1, 0.15) is 32.4 Å². The lowest BCUT2D eigenvalue weighted by Gasteiger charge is -2.38. The van der Waals surface area contributed by atoms with Crippen LogP contribution in [0.15, 0.2) is 24.3 Å². The van der Waals surface area contributed by atoms with Crippen LogP contribution in [0.2, 0.25) is 0 Å². The number of hydrogen-bond donors (Lipinski definition) is 2. The van der Waals surface area contributed by atoms with Gasteiger partial charge in [0.25, 0.3) is 0 Å². The minimum absolute atomic E-state index is 0.101. The zero-order chi connectivity index (χ0) is 19.3. The molecule has 0 radical (unpaired) electrons. The number of rotatable bonds is 4. The highest BCUT2D eigenvalue weighted by molar-refractivity contribution is 6.35. The number of carbonyl (C=O) groups excluding carboxylic acids is 2. The van der Waals surface area contributed by atoms with Crippen LogP contribution < -0.4 is 10.6 Å². The standard InChI is InChI=1S/C19H29FN4O2/c1-19(2,3)22-18(26)17(25)21-13-16(14-5-7-15(20)8-6-14)24-11-9-23(4)10-12-24/h5-8,16H,9-13H2,1-4H3,(H,21,25)(H,22,26)/t16-/m0/s1. The zero-order valence-corrected chi connectivity index (χ0v) is 16.0. The number of piperazine rings is 1. The summed E-state index contributed by atoms with van der Waals surface area (Å²) in [5.41, 5.74) is 0.454. The summed E-state index contributed by atoms with van der Waals surface area (Å²) in [5.74, 6) is -1.59. The van der Waals surface area contributed by atoms with Crippen LogP contribution in [0.25, 0.3) is 0 Å². The third-order valence-electron chi connectivity index (χ3n) is 4.38. The van der Waals surface area contributed by atoms with Crippen molar-refractivity contribution in [3.63, 3.8) is 0 Å². The molecule has 1 saturated heterocycles. The molecule has 1 fully saturated rings. The number of amides is 2. The number of hydrogen-bond acceptors (Lipinski definition) is 4. The van der Waals surface area contributed by atoms with Gasteiger partial charge in [-0.2, -0.15) is 0 Å². The number of nitrogens with one attached hydrogen (secondary N) is 2. The molecule has 0 bridgehead atoms.